The van der Waals surface area contributed by atoms with Crippen LogP contribution in [0, 0.1) is 17.8 Å². The standard InChI is InChI=1S/C21H32N4O4/c26-17(20(29)23-13-4-5-13)15(8-12-9-21(6-7-21)25-18(12)27)24-19(28)16-14-3-1-2-11(14)10-22-16/h11-17,22,26H,1-10H2,(H,23,29)(H,24,28)(H,25,27)/t11-,12+,14-,15-,16-,17?/m0/s1. The second-order valence-electron chi connectivity index (χ2n) is 9.99. The Morgan fingerprint density at radius 2 is 2.00 bits per heavy atom. The molecule has 1 spiro atoms. The molecule has 5 aliphatic rings. The number of carbonyl (C=O) groups is 3. The minimum Gasteiger partial charge on any atom is -0.381 e. The molecule has 160 valence electrons. The molecule has 2 aliphatic heterocycles. The summed E-state index contributed by atoms with van der Waals surface area (Å²) in [4.78, 5) is 37.9. The van der Waals surface area contributed by atoms with Gasteiger partial charge in [0.2, 0.25) is 11.8 Å². The first-order chi connectivity index (χ1) is 13.9. The molecule has 3 amide bonds. The first-order valence-corrected chi connectivity index (χ1v) is 11.3. The molecule has 3 aliphatic carbocycles. The fraction of sp³-hybridized carbons (Fsp3) is 0.857. The number of rotatable bonds is 7. The molecule has 8 heteroatoms. The van der Waals surface area contributed by atoms with E-state index in [4.69, 9.17) is 0 Å². The van der Waals surface area contributed by atoms with Crippen LogP contribution in [0.2, 0.25) is 0 Å². The van der Waals surface area contributed by atoms with Gasteiger partial charge in [0.1, 0.15) is 0 Å². The summed E-state index contributed by atoms with van der Waals surface area (Å²) in [5.41, 5.74) is -0.0678. The van der Waals surface area contributed by atoms with Crippen LogP contribution in [0.5, 0.6) is 0 Å². The van der Waals surface area contributed by atoms with Crippen LogP contribution in [-0.2, 0) is 14.4 Å². The zero-order valence-corrected chi connectivity index (χ0v) is 16.8. The summed E-state index contributed by atoms with van der Waals surface area (Å²) in [6.07, 6.45) is 6.86. The largest absolute Gasteiger partial charge is 0.381 e. The lowest BCUT2D eigenvalue weighted by Gasteiger charge is -2.28. The minimum absolute atomic E-state index is 0.0219. The number of amides is 3. The molecule has 5 rings (SSSR count). The zero-order valence-electron chi connectivity index (χ0n) is 16.8. The van der Waals surface area contributed by atoms with E-state index < -0.39 is 18.1 Å². The summed E-state index contributed by atoms with van der Waals surface area (Å²) in [5, 5.41) is 22.9. The van der Waals surface area contributed by atoms with Crippen molar-refractivity contribution < 1.29 is 19.5 Å². The van der Waals surface area contributed by atoms with E-state index in [0.717, 1.165) is 57.9 Å². The molecular weight excluding hydrogens is 372 g/mol. The zero-order chi connectivity index (χ0) is 20.2. The van der Waals surface area contributed by atoms with Gasteiger partial charge in [0.25, 0.3) is 5.91 Å². The van der Waals surface area contributed by atoms with Crippen molar-refractivity contribution in [3.63, 3.8) is 0 Å². The highest BCUT2D eigenvalue weighted by Gasteiger charge is 2.53. The van der Waals surface area contributed by atoms with Crippen molar-refractivity contribution in [1.29, 1.82) is 0 Å². The van der Waals surface area contributed by atoms with Crippen molar-refractivity contribution in [1.82, 2.24) is 21.3 Å². The third kappa shape index (κ3) is 3.89. The lowest BCUT2D eigenvalue weighted by Crippen LogP contribution is -2.55. The van der Waals surface area contributed by atoms with Gasteiger partial charge in [-0.25, -0.2) is 0 Å². The molecule has 0 aromatic rings. The van der Waals surface area contributed by atoms with Crippen LogP contribution in [0.15, 0.2) is 0 Å². The summed E-state index contributed by atoms with van der Waals surface area (Å²) in [6, 6.07) is -0.891. The van der Waals surface area contributed by atoms with E-state index in [1.54, 1.807) is 0 Å². The number of aliphatic hydroxyl groups excluding tert-OH is 1. The van der Waals surface area contributed by atoms with Crippen LogP contribution >= 0.6 is 0 Å². The van der Waals surface area contributed by atoms with Gasteiger partial charge in [0.05, 0.1) is 12.1 Å². The average molecular weight is 405 g/mol. The Morgan fingerprint density at radius 3 is 2.69 bits per heavy atom. The summed E-state index contributed by atoms with van der Waals surface area (Å²) < 4.78 is 0. The molecule has 5 fully saturated rings. The van der Waals surface area contributed by atoms with Gasteiger partial charge in [-0.1, -0.05) is 6.42 Å². The maximum Gasteiger partial charge on any atom is 0.251 e. The fourth-order valence-electron chi connectivity index (χ4n) is 5.67. The minimum atomic E-state index is -1.34. The summed E-state index contributed by atoms with van der Waals surface area (Å²) in [6.45, 7) is 0.853. The maximum absolute atomic E-state index is 13.0. The third-order valence-corrected chi connectivity index (χ3v) is 7.72. The van der Waals surface area contributed by atoms with Crippen molar-refractivity contribution in [3.8, 4) is 0 Å². The Morgan fingerprint density at radius 1 is 1.21 bits per heavy atom. The molecule has 8 nitrogen and oxygen atoms in total. The highest BCUT2D eigenvalue weighted by Crippen LogP contribution is 2.46. The van der Waals surface area contributed by atoms with E-state index in [1.807, 2.05) is 0 Å². The van der Waals surface area contributed by atoms with Gasteiger partial charge < -0.3 is 26.4 Å². The van der Waals surface area contributed by atoms with Crippen LogP contribution in [-0.4, -0.2) is 59.1 Å². The Balaban J connectivity index is 1.27. The van der Waals surface area contributed by atoms with Gasteiger partial charge in [0.15, 0.2) is 6.10 Å². The van der Waals surface area contributed by atoms with Crippen molar-refractivity contribution in [2.75, 3.05) is 6.54 Å². The second-order valence-corrected chi connectivity index (χ2v) is 9.99. The predicted octanol–water partition coefficient (Wildman–Crippen LogP) is -0.442. The maximum atomic E-state index is 13.0. The molecule has 1 unspecified atom stereocenters. The number of hydrogen-bond acceptors (Lipinski definition) is 5. The highest BCUT2D eigenvalue weighted by atomic mass is 16.3. The van der Waals surface area contributed by atoms with E-state index in [-0.39, 0.29) is 35.4 Å². The SMILES string of the molecule is O=C(NC1CC1)C(O)[C@H](C[C@@H]1CC2(CC2)NC1=O)NC(=O)[C@H]1NC[C@@H]2CCC[C@@H]21. The van der Waals surface area contributed by atoms with Crippen LogP contribution < -0.4 is 21.3 Å². The van der Waals surface area contributed by atoms with Crippen LogP contribution in [0.3, 0.4) is 0 Å². The highest BCUT2D eigenvalue weighted by molar-refractivity contribution is 5.87. The molecule has 0 aromatic carbocycles. The fourth-order valence-corrected chi connectivity index (χ4v) is 5.67. The van der Waals surface area contributed by atoms with E-state index in [0.29, 0.717) is 18.3 Å². The van der Waals surface area contributed by atoms with E-state index in [1.165, 1.54) is 0 Å². The van der Waals surface area contributed by atoms with Crippen molar-refractivity contribution >= 4 is 17.7 Å². The first kappa shape index (κ1) is 19.3. The summed E-state index contributed by atoms with van der Waals surface area (Å²) in [5.74, 6) is -0.0220. The van der Waals surface area contributed by atoms with Gasteiger partial charge in [0, 0.05) is 17.5 Å². The van der Waals surface area contributed by atoms with Crippen molar-refractivity contribution in [2.24, 2.45) is 17.8 Å². The quantitative estimate of drug-likeness (QED) is 0.394. The molecule has 0 bridgehead atoms. The smallest absolute Gasteiger partial charge is 0.251 e. The van der Waals surface area contributed by atoms with Crippen LogP contribution in [0.1, 0.15) is 57.8 Å². The molecule has 3 saturated carbocycles. The molecule has 0 aromatic heterocycles. The van der Waals surface area contributed by atoms with Crippen molar-refractivity contribution in [3.05, 3.63) is 0 Å². The van der Waals surface area contributed by atoms with Gasteiger partial charge in [-0.2, -0.15) is 0 Å². The first-order valence-electron chi connectivity index (χ1n) is 11.3. The van der Waals surface area contributed by atoms with E-state index in [2.05, 4.69) is 21.3 Å². The molecule has 2 saturated heterocycles. The number of hydrogen-bond donors (Lipinski definition) is 5. The van der Waals surface area contributed by atoms with E-state index in [9.17, 15) is 19.5 Å². The van der Waals surface area contributed by atoms with Crippen LogP contribution in [0.4, 0.5) is 0 Å². The Hall–Kier alpha value is -1.67. The number of fused-ring (bicyclic) bond motifs is 1. The van der Waals surface area contributed by atoms with Gasteiger partial charge in [-0.15, -0.1) is 0 Å². The third-order valence-electron chi connectivity index (χ3n) is 7.72. The molecule has 6 atom stereocenters. The molecule has 2 heterocycles. The Bertz CT molecular complexity index is 705. The molecule has 0 radical (unpaired) electrons. The van der Waals surface area contributed by atoms with E-state index >= 15 is 0 Å². The summed E-state index contributed by atoms with van der Waals surface area (Å²) in [7, 11) is 0. The second kappa shape index (κ2) is 7.23. The topological polar surface area (TPSA) is 120 Å². The average Bonchev–Trinajstić information content (AvgIpc) is 3.50. The number of carbonyl (C=O) groups excluding carboxylic acids is 3. The Labute approximate surface area is 170 Å². The monoisotopic (exact) mass is 404 g/mol. The molecule has 5 N–H and O–H groups in total. The molecule has 29 heavy (non-hydrogen) atoms. The summed E-state index contributed by atoms with van der Waals surface area (Å²) >= 11 is 0. The lowest BCUT2D eigenvalue weighted by atomic mass is 9.90. The normalized spacial score (nSPS) is 36.4. The number of aliphatic hydroxyl groups is 1. The van der Waals surface area contributed by atoms with Gasteiger partial charge in [-0.3, -0.25) is 14.4 Å². The lowest BCUT2D eigenvalue weighted by molar-refractivity contribution is -0.134. The molecular formula is C21H32N4O4. The van der Waals surface area contributed by atoms with Crippen LogP contribution in [0.25, 0.3) is 0 Å². The predicted molar refractivity (Wildman–Crippen MR) is 105 cm³/mol. The Kier molecular flexibility index (Phi) is 4.81. The number of nitrogens with one attached hydrogen (secondary N) is 4. The van der Waals surface area contributed by atoms with Gasteiger partial charge in [-0.05, 0) is 69.7 Å². The van der Waals surface area contributed by atoms with Gasteiger partial charge >= 0.3 is 0 Å². The van der Waals surface area contributed by atoms with Crippen molar-refractivity contribution in [2.45, 2.75) is 87.6 Å².